The van der Waals surface area contributed by atoms with E-state index in [1.165, 1.54) is 0 Å². The van der Waals surface area contributed by atoms with Crippen LogP contribution < -0.4 is 4.90 Å². The van der Waals surface area contributed by atoms with E-state index in [2.05, 4.69) is 0 Å². The second kappa shape index (κ2) is 7.80. The molecule has 5 nitrogen and oxygen atoms in total. The predicted molar refractivity (Wildman–Crippen MR) is 106 cm³/mol. The topological polar surface area (TPSA) is 59.8 Å². The van der Waals surface area contributed by atoms with Crippen molar-refractivity contribution in [3.05, 3.63) is 102 Å². The van der Waals surface area contributed by atoms with Crippen molar-refractivity contribution in [1.29, 1.82) is 0 Å². The lowest BCUT2D eigenvalue weighted by Gasteiger charge is -2.18. The Morgan fingerprint density at radius 3 is 2.18 bits per heavy atom. The predicted octanol–water partition coefficient (Wildman–Crippen LogP) is 5.42. The van der Waals surface area contributed by atoms with Gasteiger partial charge in [-0.25, -0.2) is 4.79 Å². The Labute approximate surface area is 161 Å². The number of para-hydroxylation sites is 1. The molecule has 3 aromatic carbocycles. The SMILES string of the molecule is O=C(OCc1ccccc1)N(C(=O)c1ccccc1)c1cc2ccccc2o1. The number of hydrogen-bond donors (Lipinski definition) is 0. The molecule has 0 aliphatic rings. The fraction of sp³-hybridized carbons (Fsp3) is 0.0435. The molecule has 1 heterocycles. The van der Waals surface area contributed by atoms with Gasteiger partial charge in [0.05, 0.1) is 0 Å². The summed E-state index contributed by atoms with van der Waals surface area (Å²) in [7, 11) is 0. The summed E-state index contributed by atoms with van der Waals surface area (Å²) in [5.41, 5.74) is 1.77. The number of amides is 2. The Morgan fingerprint density at radius 2 is 1.46 bits per heavy atom. The van der Waals surface area contributed by atoms with Gasteiger partial charge in [0.25, 0.3) is 5.91 Å². The summed E-state index contributed by atoms with van der Waals surface area (Å²) in [6, 6.07) is 26.8. The third kappa shape index (κ3) is 3.64. The molecule has 0 atom stereocenters. The lowest BCUT2D eigenvalue weighted by molar-refractivity contribution is 0.0954. The van der Waals surface area contributed by atoms with Gasteiger partial charge < -0.3 is 9.15 Å². The Morgan fingerprint density at radius 1 is 0.821 bits per heavy atom. The molecule has 138 valence electrons. The Bertz CT molecular complexity index is 1070. The van der Waals surface area contributed by atoms with Gasteiger partial charge in [0.1, 0.15) is 12.2 Å². The number of carbonyl (C=O) groups excluding carboxylic acids is 2. The van der Waals surface area contributed by atoms with Crippen LogP contribution in [0.5, 0.6) is 0 Å². The third-order valence-corrected chi connectivity index (χ3v) is 4.24. The van der Waals surface area contributed by atoms with Crippen molar-refractivity contribution in [1.82, 2.24) is 0 Å². The van der Waals surface area contributed by atoms with E-state index < -0.39 is 12.0 Å². The first-order valence-corrected chi connectivity index (χ1v) is 8.81. The highest BCUT2D eigenvalue weighted by molar-refractivity contribution is 6.19. The van der Waals surface area contributed by atoms with Crippen LogP contribution >= 0.6 is 0 Å². The normalized spacial score (nSPS) is 10.6. The summed E-state index contributed by atoms with van der Waals surface area (Å²) in [4.78, 5) is 26.8. The minimum atomic E-state index is -0.795. The average molecular weight is 371 g/mol. The van der Waals surface area contributed by atoms with Crippen LogP contribution in [0.2, 0.25) is 0 Å². The molecule has 0 radical (unpaired) electrons. The maximum Gasteiger partial charge on any atom is 0.424 e. The number of furan rings is 1. The molecule has 4 aromatic rings. The summed E-state index contributed by atoms with van der Waals surface area (Å²) >= 11 is 0. The molecule has 0 unspecified atom stereocenters. The van der Waals surface area contributed by atoms with Crippen LogP contribution in [0.3, 0.4) is 0 Å². The molecule has 2 amide bonds. The molecule has 0 N–H and O–H groups in total. The van der Waals surface area contributed by atoms with Gasteiger partial charge in [-0.15, -0.1) is 0 Å². The number of fused-ring (bicyclic) bond motifs is 1. The van der Waals surface area contributed by atoms with Crippen LogP contribution in [0.4, 0.5) is 10.7 Å². The van der Waals surface area contributed by atoms with Crippen LogP contribution in [0.25, 0.3) is 11.0 Å². The van der Waals surface area contributed by atoms with E-state index in [0.29, 0.717) is 11.1 Å². The lowest BCUT2D eigenvalue weighted by atomic mass is 10.2. The highest BCUT2D eigenvalue weighted by Gasteiger charge is 2.29. The molecule has 4 rings (SSSR count). The molecule has 5 heteroatoms. The van der Waals surface area contributed by atoms with E-state index in [-0.39, 0.29) is 12.5 Å². The van der Waals surface area contributed by atoms with E-state index >= 15 is 0 Å². The van der Waals surface area contributed by atoms with Crippen molar-refractivity contribution in [2.24, 2.45) is 0 Å². The standard InChI is InChI=1S/C23H17NO4/c25-22(18-11-5-2-6-12-18)24(21-15-19-13-7-8-14-20(19)28-21)23(26)27-16-17-9-3-1-4-10-17/h1-15H,16H2. The van der Waals surface area contributed by atoms with Crippen LogP contribution in [0, 0.1) is 0 Å². The van der Waals surface area contributed by atoms with Crippen molar-refractivity contribution in [3.8, 4) is 0 Å². The molecular weight excluding hydrogens is 354 g/mol. The van der Waals surface area contributed by atoms with E-state index in [9.17, 15) is 9.59 Å². The summed E-state index contributed by atoms with van der Waals surface area (Å²) < 4.78 is 11.1. The zero-order chi connectivity index (χ0) is 19.3. The fourth-order valence-corrected chi connectivity index (χ4v) is 2.84. The fourth-order valence-electron chi connectivity index (χ4n) is 2.84. The Balaban J connectivity index is 1.66. The zero-order valence-corrected chi connectivity index (χ0v) is 14.9. The summed E-state index contributed by atoms with van der Waals surface area (Å²) in [6.07, 6.45) is -0.795. The zero-order valence-electron chi connectivity index (χ0n) is 14.9. The Kier molecular flexibility index (Phi) is 4.89. The first-order valence-electron chi connectivity index (χ1n) is 8.81. The molecule has 0 saturated heterocycles. The number of anilines is 1. The van der Waals surface area contributed by atoms with E-state index in [1.807, 2.05) is 48.5 Å². The number of ether oxygens (including phenoxy) is 1. The van der Waals surface area contributed by atoms with Crippen molar-refractivity contribution in [3.63, 3.8) is 0 Å². The maximum absolute atomic E-state index is 13.0. The molecule has 0 spiro atoms. The monoisotopic (exact) mass is 371 g/mol. The third-order valence-electron chi connectivity index (χ3n) is 4.24. The van der Waals surface area contributed by atoms with Gasteiger partial charge in [0.2, 0.25) is 5.88 Å². The Hall–Kier alpha value is -3.86. The minimum absolute atomic E-state index is 0.0540. The smallest absolute Gasteiger partial charge is 0.424 e. The molecule has 0 bridgehead atoms. The van der Waals surface area contributed by atoms with Crippen molar-refractivity contribution < 1.29 is 18.7 Å². The van der Waals surface area contributed by atoms with Gasteiger partial charge >= 0.3 is 6.09 Å². The highest BCUT2D eigenvalue weighted by Crippen LogP contribution is 2.28. The molecule has 1 aromatic heterocycles. The molecule has 0 fully saturated rings. The number of rotatable bonds is 4. The van der Waals surface area contributed by atoms with Gasteiger partial charge in [0, 0.05) is 17.0 Å². The quantitative estimate of drug-likeness (QED) is 0.481. The van der Waals surface area contributed by atoms with Gasteiger partial charge in [-0.3, -0.25) is 4.79 Å². The lowest BCUT2D eigenvalue weighted by Crippen LogP contribution is -2.37. The van der Waals surface area contributed by atoms with E-state index in [0.717, 1.165) is 15.8 Å². The molecule has 0 saturated carbocycles. The van der Waals surface area contributed by atoms with Crippen molar-refractivity contribution >= 4 is 28.9 Å². The first kappa shape index (κ1) is 17.5. The van der Waals surface area contributed by atoms with E-state index in [1.54, 1.807) is 42.5 Å². The first-order chi connectivity index (χ1) is 13.7. The van der Waals surface area contributed by atoms with Crippen LogP contribution in [-0.2, 0) is 11.3 Å². The second-order valence-electron chi connectivity index (χ2n) is 6.17. The van der Waals surface area contributed by atoms with Gasteiger partial charge in [-0.05, 0) is 23.8 Å². The van der Waals surface area contributed by atoms with Gasteiger partial charge in [-0.2, -0.15) is 4.90 Å². The van der Waals surface area contributed by atoms with Gasteiger partial charge in [-0.1, -0.05) is 66.7 Å². The molecule has 28 heavy (non-hydrogen) atoms. The van der Waals surface area contributed by atoms with Gasteiger partial charge in [0.15, 0.2) is 0 Å². The van der Waals surface area contributed by atoms with Crippen LogP contribution in [0.15, 0.2) is 95.4 Å². The number of benzene rings is 3. The summed E-state index contributed by atoms with van der Waals surface area (Å²) in [5, 5.41) is 0.791. The second-order valence-corrected chi connectivity index (χ2v) is 6.17. The average Bonchev–Trinajstić information content (AvgIpc) is 3.17. The van der Waals surface area contributed by atoms with E-state index in [4.69, 9.17) is 9.15 Å². The molecule has 0 aliphatic carbocycles. The number of nitrogens with zero attached hydrogens (tertiary/aromatic N) is 1. The van der Waals surface area contributed by atoms with Crippen molar-refractivity contribution in [2.75, 3.05) is 4.90 Å². The largest absolute Gasteiger partial charge is 0.444 e. The van der Waals surface area contributed by atoms with Crippen LogP contribution in [-0.4, -0.2) is 12.0 Å². The number of hydrogen-bond acceptors (Lipinski definition) is 4. The highest BCUT2D eigenvalue weighted by atomic mass is 16.6. The minimum Gasteiger partial charge on any atom is -0.444 e. The molecule has 0 aliphatic heterocycles. The number of carbonyl (C=O) groups is 2. The summed E-state index contributed by atoms with van der Waals surface area (Å²) in [6.45, 7) is 0.0540. The number of imide groups is 1. The molecular formula is C23H17NO4. The van der Waals surface area contributed by atoms with Crippen LogP contribution in [0.1, 0.15) is 15.9 Å². The van der Waals surface area contributed by atoms with Crippen molar-refractivity contribution in [2.45, 2.75) is 6.61 Å². The maximum atomic E-state index is 13.0. The summed E-state index contributed by atoms with van der Waals surface area (Å²) in [5.74, 6) is -0.397.